The van der Waals surface area contributed by atoms with Crippen molar-refractivity contribution in [2.45, 2.75) is 6.92 Å². The molecule has 0 aliphatic heterocycles. The van der Waals surface area contributed by atoms with Crippen LogP contribution in [0.4, 0.5) is 5.69 Å². The number of anilines is 1. The Morgan fingerprint density at radius 1 is 1.03 bits per heavy atom. The third-order valence-electron chi connectivity index (χ3n) is 4.32. The minimum atomic E-state index is -0.699. The summed E-state index contributed by atoms with van der Waals surface area (Å²) in [7, 11) is 1.40. The number of carbonyl (C=O) groups is 2. The molecule has 10 heteroatoms. The first-order valence-electron chi connectivity index (χ1n) is 9.03. The van der Waals surface area contributed by atoms with Crippen LogP contribution in [0.15, 0.2) is 53.3 Å². The molecule has 0 unspecified atom stereocenters. The summed E-state index contributed by atoms with van der Waals surface area (Å²) in [5, 5.41) is 7.87. The highest BCUT2D eigenvalue weighted by Gasteiger charge is 2.21. The Bertz CT molecular complexity index is 1230. The summed E-state index contributed by atoms with van der Waals surface area (Å²) in [5.41, 5.74) is 0.582. The van der Waals surface area contributed by atoms with E-state index in [9.17, 15) is 14.4 Å². The van der Waals surface area contributed by atoms with E-state index < -0.39 is 17.2 Å². The minimum absolute atomic E-state index is 0.285. The van der Waals surface area contributed by atoms with Crippen molar-refractivity contribution in [3.63, 3.8) is 0 Å². The molecule has 3 aromatic rings. The Kier molecular flexibility index (Phi) is 7.00. The van der Waals surface area contributed by atoms with Crippen LogP contribution in [-0.4, -0.2) is 40.1 Å². The van der Waals surface area contributed by atoms with Gasteiger partial charge in [-0.1, -0.05) is 46.9 Å². The van der Waals surface area contributed by atoms with Crippen LogP contribution in [0.2, 0.25) is 15.1 Å². The molecule has 2 aromatic carbocycles. The van der Waals surface area contributed by atoms with E-state index in [4.69, 9.17) is 34.8 Å². The number of nitrogens with zero attached hydrogens (tertiary/aromatic N) is 3. The van der Waals surface area contributed by atoms with Crippen molar-refractivity contribution in [3.8, 4) is 5.69 Å². The predicted molar refractivity (Wildman–Crippen MR) is 122 cm³/mol. The summed E-state index contributed by atoms with van der Waals surface area (Å²) in [5.74, 6) is -1.18. The van der Waals surface area contributed by atoms with E-state index in [0.29, 0.717) is 27.1 Å². The van der Waals surface area contributed by atoms with Crippen LogP contribution in [0.5, 0.6) is 0 Å². The lowest BCUT2D eigenvalue weighted by molar-refractivity contribution is -0.116. The summed E-state index contributed by atoms with van der Waals surface area (Å²) < 4.78 is 1.42. The smallest absolute Gasteiger partial charge is 0.278 e. The van der Waals surface area contributed by atoms with E-state index >= 15 is 0 Å². The minimum Gasteiger partial charge on any atom is -0.331 e. The normalized spacial score (nSPS) is 10.6. The number of para-hydroxylation sites is 1. The topological polar surface area (TPSA) is 84.3 Å². The maximum atomic E-state index is 12.8. The standard InChI is InChI=1S/C21H17Cl3N4O3/c1-12-9-18(29)20(26-28(12)17-6-4-3-5-15(17)23)21(31)27(2)11-19(30)25-13-7-8-14(22)16(24)10-13/h3-10H,11H2,1-2H3,(H,25,30). The third kappa shape index (κ3) is 5.25. The van der Waals surface area contributed by atoms with Crippen LogP contribution in [0.3, 0.4) is 0 Å². The van der Waals surface area contributed by atoms with Crippen molar-refractivity contribution in [2.75, 3.05) is 18.9 Å². The highest BCUT2D eigenvalue weighted by atomic mass is 35.5. The molecule has 7 nitrogen and oxygen atoms in total. The quantitative estimate of drug-likeness (QED) is 0.594. The number of likely N-dealkylation sites (N-methyl/N-ethyl adjacent to an activating group) is 1. The van der Waals surface area contributed by atoms with Crippen LogP contribution in [-0.2, 0) is 4.79 Å². The molecule has 0 saturated carbocycles. The fourth-order valence-corrected chi connectivity index (χ4v) is 3.32. The number of hydrogen-bond acceptors (Lipinski definition) is 4. The maximum absolute atomic E-state index is 12.8. The van der Waals surface area contributed by atoms with Crippen molar-refractivity contribution in [2.24, 2.45) is 0 Å². The van der Waals surface area contributed by atoms with E-state index in [1.165, 1.54) is 23.9 Å². The molecule has 160 valence electrons. The molecule has 1 aromatic heterocycles. The van der Waals surface area contributed by atoms with Crippen LogP contribution in [0.25, 0.3) is 5.69 Å². The van der Waals surface area contributed by atoms with Gasteiger partial charge in [-0.2, -0.15) is 5.10 Å². The molecule has 0 atom stereocenters. The Morgan fingerprint density at radius 2 is 1.74 bits per heavy atom. The fraction of sp³-hybridized carbons (Fsp3) is 0.143. The van der Waals surface area contributed by atoms with Gasteiger partial charge in [0.15, 0.2) is 5.69 Å². The Hall–Kier alpha value is -2.87. The average molecular weight is 480 g/mol. The van der Waals surface area contributed by atoms with E-state index in [1.54, 1.807) is 43.3 Å². The number of benzene rings is 2. The summed E-state index contributed by atoms with van der Waals surface area (Å²) in [4.78, 5) is 38.7. The molecule has 0 aliphatic rings. The third-order valence-corrected chi connectivity index (χ3v) is 5.38. The fourth-order valence-electron chi connectivity index (χ4n) is 2.81. The zero-order valence-electron chi connectivity index (χ0n) is 16.5. The SMILES string of the molecule is Cc1cc(=O)c(C(=O)N(C)CC(=O)Nc2ccc(Cl)c(Cl)c2)nn1-c1ccccc1Cl. The summed E-state index contributed by atoms with van der Waals surface area (Å²) >= 11 is 18.0. The number of carbonyl (C=O) groups excluding carboxylic acids is 2. The molecule has 0 bridgehead atoms. The van der Waals surface area contributed by atoms with Crippen molar-refractivity contribution in [1.29, 1.82) is 0 Å². The largest absolute Gasteiger partial charge is 0.331 e. The monoisotopic (exact) mass is 478 g/mol. The molecule has 0 saturated heterocycles. The number of hydrogen-bond donors (Lipinski definition) is 1. The number of nitrogens with one attached hydrogen (secondary N) is 1. The van der Waals surface area contributed by atoms with Crippen molar-refractivity contribution in [3.05, 3.63) is 85.2 Å². The van der Waals surface area contributed by atoms with Gasteiger partial charge in [0.05, 0.1) is 27.3 Å². The average Bonchev–Trinajstić information content (AvgIpc) is 2.71. The van der Waals surface area contributed by atoms with Gasteiger partial charge in [-0.3, -0.25) is 14.4 Å². The van der Waals surface area contributed by atoms with E-state index in [1.807, 2.05) is 0 Å². The van der Waals surface area contributed by atoms with Crippen molar-refractivity contribution < 1.29 is 9.59 Å². The summed E-state index contributed by atoms with van der Waals surface area (Å²) in [6, 6.07) is 12.8. The zero-order chi connectivity index (χ0) is 22.7. The van der Waals surface area contributed by atoms with Gasteiger partial charge in [-0.05, 0) is 37.3 Å². The molecule has 1 heterocycles. The van der Waals surface area contributed by atoms with E-state index in [0.717, 1.165) is 4.90 Å². The van der Waals surface area contributed by atoms with Gasteiger partial charge in [0.2, 0.25) is 11.3 Å². The Labute approximate surface area is 193 Å². The highest BCUT2D eigenvalue weighted by molar-refractivity contribution is 6.42. The van der Waals surface area contributed by atoms with Gasteiger partial charge in [0.1, 0.15) is 0 Å². The number of aryl methyl sites for hydroxylation is 1. The molecule has 1 N–H and O–H groups in total. The second kappa shape index (κ2) is 9.51. The molecular weight excluding hydrogens is 463 g/mol. The Balaban J connectivity index is 1.81. The maximum Gasteiger partial charge on any atom is 0.278 e. The van der Waals surface area contributed by atoms with Crippen LogP contribution in [0, 0.1) is 6.92 Å². The highest BCUT2D eigenvalue weighted by Crippen LogP contribution is 2.25. The van der Waals surface area contributed by atoms with Crippen molar-refractivity contribution in [1.82, 2.24) is 14.7 Å². The van der Waals surface area contributed by atoms with Gasteiger partial charge >= 0.3 is 0 Å². The number of aromatic nitrogens is 2. The molecular formula is C21H17Cl3N4O3. The number of halogens is 3. The summed E-state index contributed by atoms with van der Waals surface area (Å²) in [6.45, 7) is 1.38. The first kappa shape index (κ1) is 22.8. The van der Waals surface area contributed by atoms with Crippen LogP contribution >= 0.6 is 34.8 Å². The van der Waals surface area contributed by atoms with Gasteiger partial charge in [0.25, 0.3) is 5.91 Å². The first-order chi connectivity index (χ1) is 14.7. The van der Waals surface area contributed by atoms with E-state index in [-0.39, 0.29) is 17.3 Å². The molecule has 2 amide bonds. The number of rotatable bonds is 5. The summed E-state index contributed by atoms with van der Waals surface area (Å²) in [6.07, 6.45) is 0. The molecule has 0 spiro atoms. The molecule has 0 radical (unpaired) electrons. The molecule has 0 aliphatic carbocycles. The van der Waals surface area contributed by atoms with Gasteiger partial charge in [-0.25, -0.2) is 4.68 Å². The van der Waals surface area contributed by atoms with Crippen LogP contribution in [0.1, 0.15) is 16.2 Å². The molecule has 31 heavy (non-hydrogen) atoms. The van der Waals surface area contributed by atoms with Crippen LogP contribution < -0.4 is 10.7 Å². The van der Waals surface area contributed by atoms with Gasteiger partial charge in [0, 0.05) is 24.5 Å². The first-order valence-corrected chi connectivity index (χ1v) is 10.2. The van der Waals surface area contributed by atoms with Crippen molar-refractivity contribution >= 4 is 52.3 Å². The van der Waals surface area contributed by atoms with Gasteiger partial charge < -0.3 is 10.2 Å². The lowest BCUT2D eigenvalue weighted by Crippen LogP contribution is -2.38. The molecule has 0 fully saturated rings. The zero-order valence-corrected chi connectivity index (χ0v) is 18.8. The second-order valence-electron chi connectivity index (χ2n) is 6.70. The lowest BCUT2D eigenvalue weighted by Gasteiger charge is -2.18. The predicted octanol–water partition coefficient (Wildman–Crippen LogP) is 4.21. The van der Waals surface area contributed by atoms with Gasteiger partial charge in [-0.15, -0.1) is 0 Å². The lowest BCUT2D eigenvalue weighted by atomic mass is 10.2. The second-order valence-corrected chi connectivity index (χ2v) is 7.92. The number of amides is 2. The Morgan fingerprint density at radius 3 is 2.42 bits per heavy atom. The van der Waals surface area contributed by atoms with E-state index in [2.05, 4.69) is 10.4 Å². The molecule has 3 rings (SSSR count).